The van der Waals surface area contributed by atoms with Gasteiger partial charge in [-0.1, -0.05) is 36.9 Å². The Labute approximate surface area is 66.9 Å². The van der Waals surface area contributed by atoms with Gasteiger partial charge in [0.1, 0.15) is 0 Å². The van der Waals surface area contributed by atoms with Gasteiger partial charge in [0.15, 0.2) is 0 Å². The first-order valence-electron chi connectivity index (χ1n) is 3.73. The van der Waals surface area contributed by atoms with Crippen molar-refractivity contribution in [1.29, 1.82) is 0 Å². The molecule has 0 amide bonds. The largest absolute Gasteiger partial charge is 0.0949 e. The minimum atomic E-state index is 0.966. The second-order valence-corrected chi connectivity index (χ2v) is 2.71. The van der Waals surface area contributed by atoms with Gasteiger partial charge in [-0.3, -0.25) is 0 Å². The molecule has 11 heavy (non-hydrogen) atoms. The standard InChI is InChI=1S/C11H9/c1-9-5-4-7-10-6-2-3-8-11(9)10/h2-4,6-7H,1,5H2. The van der Waals surface area contributed by atoms with Gasteiger partial charge in [0.2, 0.25) is 0 Å². The first-order chi connectivity index (χ1) is 5.38. The van der Waals surface area contributed by atoms with E-state index >= 15 is 0 Å². The minimum Gasteiger partial charge on any atom is -0.0949 e. The molecule has 1 aliphatic rings. The molecule has 0 nitrogen and oxygen atoms in total. The Hall–Kier alpha value is -1.30. The molecule has 0 N–H and O–H groups in total. The molecule has 0 saturated carbocycles. The van der Waals surface area contributed by atoms with Crippen LogP contribution in [0.1, 0.15) is 17.5 Å². The molecule has 0 heterocycles. The van der Waals surface area contributed by atoms with Crippen molar-refractivity contribution in [3.05, 3.63) is 48.0 Å². The Kier molecular flexibility index (Phi) is 1.39. The summed E-state index contributed by atoms with van der Waals surface area (Å²) in [5.74, 6) is 0. The van der Waals surface area contributed by atoms with Crippen molar-refractivity contribution in [2.45, 2.75) is 6.42 Å². The molecule has 1 aliphatic carbocycles. The van der Waals surface area contributed by atoms with E-state index in [-0.39, 0.29) is 0 Å². The van der Waals surface area contributed by atoms with E-state index in [4.69, 9.17) is 0 Å². The zero-order valence-electron chi connectivity index (χ0n) is 6.30. The van der Waals surface area contributed by atoms with Crippen LogP contribution in [0.5, 0.6) is 0 Å². The summed E-state index contributed by atoms with van der Waals surface area (Å²) in [6, 6.07) is 9.21. The van der Waals surface area contributed by atoms with Crippen molar-refractivity contribution < 1.29 is 0 Å². The smallest absolute Gasteiger partial charge is 0.00760 e. The number of fused-ring (bicyclic) bond motifs is 1. The molecule has 0 fully saturated rings. The lowest BCUT2D eigenvalue weighted by molar-refractivity contribution is 1.36. The van der Waals surface area contributed by atoms with E-state index in [1.165, 1.54) is 16.7 Å². The van der Waals surface area contributed by atoms with Crippen LogP contribution in [-0.2, 0) is 0 Å². The summed E-state index contributed by atoms with van der Waals surface area (Å²) in [6.45, 7) is 3.97. The van der Waals surface area contributed by atoms with Crippen LogP contribution in [0.3, 0.4) is 0 Å². The average Bonchev–Trinajstić information content (AvgIpc) is 2.06. The maximum absolute atomic E-state index is 3.97. The fourth-order valence-electron chi connectivity index (χ4n) is 1.33. The van der Waals surface area contributed by atoms with E-state index in [1.54, 1.807) is 0 Å². The molecule has 0 heteroatoms. The van der Waals surface area contributed by atoms with Crippen molar-refractivity contribution in [2.75, 3.05) is 0 Å². The minimum absolute atomic E-state index is 0.966. The highest BCUT2D eigenvalue weighted by Gasteiger charge is 2.05. The first-order valence-corrected chi connectivity index (χ1v) is 3.73. The normalized spacial score (nSPS) is 14.7. The quantitative estimate of drug-likeness (QED) is 0.521. The summed E-state index contributed by atoms with van der Waals surface area (Å²) in [6.07, 6.45) is 5.23. The molecule has 2 rings (SSSR count). The van der Waals surface area contributed by atoms with Crippen LogP contribution in [0.15, 0.2) is 30.9 Å². The van der Waals surface area contributed by atoms with E-state index < -0.39 is 0 Å². The Balaban J connectivity index is 2.63. The van der Waals surface area contributed by atoms with Crippen LogP contribution in [-0.4, -0.2) is 0 Å². The van der Waals surface area contributed by atoms with Gasteiger partial charge < -0.3 is 0 Å². The molecule has 53 valence electrons. The Bertz CT molecular complexity index is 319. The van der Waals surface area contributed by atoms with E-state index in [9.17, 15) is 0 Å². The van der Waals surface area contributed by atoms with E-state index in [1.807, 2.05) is 12.1 Å². The van der Waals surface area contributed by atoms with Crippen LogP contribution in [0.2, 0.25) is 0 Å². The molecule has 0 atom stereocenters. The number of hydrogen-bond donors (Lipinski definition) is 0. The Morgan fingerprint density at radius 3 is 3.18 bits per heavy atom. The van der Waals surface area contributed by atoms with Crippen molar-refractivity contribution in [3.8, 4) is 0 Å². The molecule has 1 radical (unpaired) electrons. The van der Waals surface area contributed by atoms with Gasteiger partial charge in [0.25, 0.3) is 0 Å². The van der Waals surface area contributed by atoms with Gasteiger partial charge in [-0.15, -0.1) is 0 Å². The van der Waals surface area contributed by atoms with Crippen LogP contribution in [0.25, 0.3) is 11.6 Å². The summed E-state index contributed by atoms with van der Waals surface area (Å²) in [5.41, 5.74) is 3.59. The van der Waals surface area contributed by atoms with E-state index in [0.29, 0.717) is 0 Å². The second kappa shape index (κ2) is 2.39. The van der Waals surface area contributed by atoms with Gasteiger partial charge in [-0.25, -0.2) is 0 Å². The van der Waals surface area contributed by atoms with Crippen molar-refractivity contribution in [2.24, 2.45) is 0 Å². The van der Waals surface area contributed by atoms with Crippen LogP contribution < -0.4 is 0 Å². The lowest BCUT2D eigenvalue weighted by atomic mass is 9.94. The second-order valence-electron chi connectivity index (χ2n) is 2.71. The van der Waals surface area contributed by atoms with Crippen LogP contribution >= 0.6 is 0 Å². The van der Waals surface area contributed by atoms with Gasteiger partial charge in [-0.2, -0.15) is 0 Å². The topological polar surface area (TPSA) is 0 Å². The fraction of sp³-hybridized carbons (Fsp3) is 0.0909. The Morgan fingerprint density at radius 2 is 2.36 bits per heavy atom. The van der Waals surface area contributed by atoms with Crippen molar-refractivity contribution in [3.63, 3.8) is 0 Å². The molecule has 0 unspecified atom stereocenters. The molecular formula is C11H9. The predicted molar refractivity (Wildman–Crippen MR) is 48.0 cm³/mol. The third-order valence-corrected chi connectivity index (χ3v) is 1.90. The summed E-state index contributed by atoms with van der Waals surface area (Å²) in [5, 5.41) is 0. The zero-order valence-corrected chi connectivity index (χ0v) is 6.30. The highest BCUT2D eigenvalue weighted by atomic mass is 14.1. The summed E-state index contributed by atoms with van der Waals surface area (Å²) in [7, 11) is 0. The lowest BCUT2D eigenvalue weighted by Gasteiger charge is -2.10. The van der Waals surface area contributed by atoms with E-state index in [2.05, 4.69) is 30.9 Å². The predicted octanol–water partition coefficient (Wildman–Crippen LogP) is 2.92. The molecule has 0 saturated heterocycles. The zero-order chi connectivity index (χ0) is 7.68. The fourth-order valence-corrected chi connectivity index (χ4v) is 1.33. The SMILES string of the molecule is C=C1CC=Cc2ccc[c]c21. The van der Waals surface area contributed by atoms with Crippen molar-refractivity contribution in [1.82, 2.24) is 0 Å². The molecule has 1 aromatic carbocycles. The number of benzene rings is 1. The molecule has 0 bridgehead atoms. The average molecular weight is 141 g/mol. The summed E-state index contributed by atoms with van der Waals surface area (Å²) < 4.78 is 0. The van der Waals surface area contributed by atoms with Crippen molar-refractivity contribution >= 4 is 11.6 Å². The number of allylic oxidation sites excluding steroid dienone is 2. The molecule has 0 aliphatic heterocycles. The number of hydrogen-bond acceptors (Lipinski definition) is 0. The summed E-state index contributed by atoms with van der Waals surface area (Å²) in [4.78, 5) is 0. The maximum atomic E-state index is 3.97. The van der Waals surface area contributed by atoms with Gasteiger partial charge in [0.05, 0.1) is 0 Å². The molecule has 0 aromatic heterocycles. The maximum Gasteiger partial charge on any atom is -0.00760 e. The van der Waals surface area contributed by atoms with Gasteiger partial charge >= 0.3 is 0 Å². The third kappa shape index (κ3) is 1.01. The van der Waals surface area contributed by atoms with Gasteiger partial charge in [-0.05, 0) is 29.2 Å². The molecular weight excluding hydrogens is 132 g/mol. The highest BCUT2D eigenvalue weighted by Crippen LogP contribution is 2.25. The first kappa shape index (κ1) is 6.41. The van der Waals surface area contributed by atoms with Crippen LogP contribution in [0, 0.1) is 6.07 Å². The Morgan fingerprint density at radius 1 is 1.45 bits per heavy atom. The highest BCUT2D eigenvalue weighted by molar-refractivity contribution is 5.77. The van der Waals surface area contributed by atoms with Crippen LogP contribution in [0.4, 0.5) is 0 Å². The number of rotatable bonds is 0. The lowest BCUT2D eigenvalue weighted by Crippen LogP contribution is -1.90. The summed E-state index contributed by atoms with van der Waals surface area (Å²) >= 11 is 0. The monoisotopic (exact) mass is 141 g/mol. The molecule has 0 spiro atoms. The van der Waals surface area contributed by atoms with E-state index in [0.717, 1.165) is 6.42 Å². The van der Waals surface area contributed by atoms with Gasteiger partial charge in [0, 0.05) is 0 Å². The molecule has 1 aromatic rings. The third-order valence-electron chi connectivity index (χ3n) is 1.90.